The first-order chi connectivity index (χ1) is 8.83. The molecule has 5 heteroatoms. The third-order valence-corrected chi connectivity index (χ3v) is 2.53. The zero-order chi connectivity index (χ0) is 13.1. The van der Waals surface area contributed by atoms with Crippen LogP contribution in [0.25, 0.3) is 10.4 Å². The summed E-state index contributed by atoms with van der Waals surface area (Å²) in [5, 5.41) is 6.21. The lowest BCUT2D eigenvalue weighted by atomic mass is 10.1. The van der Waals surface area contributed by atoms with E-state index >= 15 is 0 Å². The van der Waals surface area contributed by atoms with Gasteiger partial charge in [0.25, 0.3) is 0 Å². The van der Waals surface area contributed by atoms with Gasteiger partial charge >= 0.3 is 0 Å². The topological polar surface area (TPSA) is 77.9 Å². The normalized spacial score (nSPS) is 9.56. The molecule has 0 aliphatic carbocycles. The average Bonchev–Trinajstić information content (AvgIpc) is 2.40. The Labute approximate surface area is 107 Å². The highest BCUT2D eigenvalue weighted by molar-refractivity contribution is 5.75. The Balaban J connectivity index is 2.05. The van der Waals surface area contributed by atoms with Crippen LogP contribution < -0.4 is 5.32 Å². The third kappa shape index (κ3) is 6.55. The second kappa shape index (κ2) is 9.07. The third-order valence-electron chi connectivity index (χ3n) is 2.53. The first-order valence-electron chi connectivity index (χ1n) is 6.14. The molecule has 0 bridgehead atoms. The molecule has 1 aromatic rings. The van der Waals surface area contributed by atoms with Crippen molar-refractivity contribution in [3.05, 3.63) is 46.3 Å². The molecular weight excluding hydrogens is 228 g/mol. The molecule has 0 spiro atoms. The smallest absolute Gasteiger partial charge is 0.220 e. The van der Waals surface area contributed by atoms with E-state index in [0.717, 1.165) is 12.8 Å². The molecule has 1 N–H and O–H groups in total. The molecule has 1 aromatic carbocycles. The fraction of sp³-hybridized carbons (Fsp3) is 0.462. The summed E-state index contributed by atoms with van der Waals surface area (Å²) in [7, 11) is 0. The average molecular weight is 246 g/mol. The summed E-state index contributed by atoms with van der Waals surface area (Å²) in [6, 6.07) is 10.1. The van der Waals surface area contributed by atoms with Crippen LogP contribution in [0.5, 0.6) is 0 Å². The molecule has 0 fully saturated rings. The van der Waals surface area contributed by atoms with Crippen LogP contribution in [0.4, 0.5) is 0 Å². The van der Waals surface area contributed by atoms with E-state index in [1.807, 2.05) is 18.2 Å². The van der Waals surface area contributed by atoms with Crippen LogP contribution in [-0.2, 0) is 11.2 Å². The molecule has 0 saturated carbocycles. The van der Waals surface area contributed by atoms with Crippen LogP contribution in [0.1, 0.15) is 24.8 Å². The van der Waals surface area contributed by atoms with Gasteiger partial charge in [-0.05, 0) is 30.4 Å². The van der Waals surface area contributed by atoms with Gasteiger partial charge in [0.1, 0.15) is 0 Å². The predicted octanol–water partition coefficient (Wildman–Crippen LogP) is 2.83. The number of rotatable bonds is 8. The van der Waals surface area contributed by atoms with E-state index < -0.39 is 0 Å². The van der Waals surface area contributed by atoms with Crippen molar-refractivity contribution in [3.8, 4) is 0 Å². The number of hydrogen-bond donors (Lipinski definition) is 1. The molecule has 5 nitrogen and oxygen atoms in total. The molecule has 0 saturated heterocycles. The number of carbonyl (C=O) groups excluding carboxylic acids is 1. The van der Waals surface area contributed by atoms with Gasteiger partial charge in [-0.2, -0.15) is 0 Å². The van der Waals surface area contributed by atoms with E-state index in [0.29, 0.717) is 25.9 Å². The van der Waals surface area contributed by atoms with Crippen molar-refractivity contribution < 1.29 is 4.79 Å². The van der Waals surface area contributed by atoms with Crippen molar-refractivity contribution in [1.82, 2.24) is 5.32 Å². The van der Waals surface area contributed by atoms with Gasteiger partial charge in [0.05, 0.1) is 0 Å². The molecule has 96 valence electrons. The summed E-state index contributed by atoms with van der Waals surface area (Å²) in [5.74, 6) is 0.0619. The summed E-state index contributed by atoms with van der Waals surface area (Å²) in [6.45, 7) is 1.00. The highest BCUT2D eigenvalue weighted by Crippen LogP contribution is 2.04. The summed E-state index contributed by atoms with van der Waals surface area (Å²) in [5.41, 5.74) is 9.33. The Hall–Kier alpha value is -2.00. The van der Waals surface area contributed by atoms with Crippen LogP contribution in [-0.4, -0.2) is 19.0 Å². The molecular formula is C13H18N4O. The van der Waals surface area contributed by atoms with E-state index in [-0.39, 0.29) is 5.91 Å². The van der Waals surface area contributed by atoms with Gasteiger partial charge in [0.15, 0.2) is 0 Å². The number of azide groups is 1. The molecule has 18 heavy (non-hydrogen) atoms. The molecule has 0 aromatic heterocycles. The SMILES string of the molecule is [N-]=[N+]=NCCCNC(=O)CCCc1ccccc1. The Morgan fingerprint density at radius 1 is 1.28 bits per heavy atom. The summed E-state index contributed by atoms with van der Waals surface area (Å²) >= 11 is 0. The first kappa shape index (κ1) is 14.1. The number of nitrogens with zero attached hydrogens (tertiary/aromatic N) is 3. The number of nitrogens with one attached hydrogen (secondary N) is 1. The molecule has 0 aliphatic rings. The van der Waals surface area contributed by atoms with Crippen LogP contribution in [0.15, 0.2) is 35.4 Å². The Kier molecular flexibility index (Phi) is 7.09. The standard InChI is InChI=1S/C13H18N4O/c14-17-16-11-5-10-15-13(18)9-4-8-12-6-2-1-3-7-12/h1-3,6-7H,4-5,8-11H2,(H,15,18). The van der Waals surface area contributed by atoms with Crippen molar-refractivity contribution in [3.63, 3.8) is 0 Å². The maximum atomic E-state index is 11.5. The van der Waals surface area contributed by atoms with E-state index in [4.69, 9.17) is 5.53 Å². The summed E-state index contributed by atoms with van der Waals surface area (Å²) < 4.78 is 0. The number of amides is 1. The second-order valence-electron chi connectivity index (χ2n) is 4.00. The van der Waals surface area contributed by atoms with Crippen LogP contribution in [0, 0.1) is 0 Å². The molecule has 0 heterocycles. The Morgan fingerprint density at radius 2 is 2.06 bits per heavy atom. The van der Waals surface area contributed by atoms with Gasteiger partial charge in [-0.25, -0.2) is 0 Å². The lowest BCUT2D eigenvalue weighted by molar-refractivity contribution is -0.121. The molecule has 1 amide bonds. The zero-order valence-corrected chi connectivity index (χ0v) is 10.4. The first-order valence-corrected chi connectivity index (χ1v) is 6.14. The van der Waals surface area contributed by atoms with Gasteiger partial charge in [-0.3, -0.25) is 4.79 Å². The lowest BCUT2D eigenvalue weighted by Gasteiger charge is -2.04. The molecule has 0 aliphatic heterocycles. The zero-order valence-electron chi connectivity index (χ0n) is 10.4. The quantitative estimate of drug-likeness (QED) is 0.325. The molecule has 0 radical (unpaired) electrons. The minimum Gasteiger partial charge on any atom is -0.356 e. The van der Waals surface area contributed by atoms with Gasteiger partial charge in [-0.15, -0.1) is 0 Å². The van der Waals surface area contributed by atoms with E-state index in [1.165, 1.54) is 5.56 Å². The Bertz CT molecular complexity index is 399. The monoisotopic (exact) mass is 246 g/mol. The number of hydrogen-bond acceptors (Lipinski definition) is 2. The van der Waals surface area contributed by atoms with Gasteiger partial charge in [-0.1, -0.05) is 35.4 Å². The molecule has 1 rings (SSSR count). The Morgan fingerprint density at radius 3 is 2.78 bits per heavy atom. The van der Waals surface area contributed by atoms with Crippen LogP contribution in [0.2, 0.25) is 0 Å². The minimum atomic E-state index is 0.0619. The maximum Gasteiger partial charge on any atom is 0.220 e. The van der Waals surface area contributed by atoms with Gasteiger partial charge < -0.3 is 5.32 Å². The van der Waals surface area contributed by atoms with Crippen LogP contribution >= 0.6 is 0 Å². The number of benzene rings is 1. The predicted molar refractivity (Wildman–Crippen MR) is 71.0 cm³/mol. The maximum absolute atomic E-state index is 11.5. The molecule has 0 atom stereocenters. The minimum absolute atomic E-state index is 0.0619. The number of aryl methyl sites for hydroxylation is 1. The summed E-state index contributed by atoms with van der Waals surface area (Å²) in [6.07, 6.45) is 3.00. The van der Waals surface area contributed by atoms with Crippen molar-refractivity contribution in [1.29, 1.82) is 0 Å². The largest absolute Gasteiger partial charge is 0.356 e. The van der Waals surface area contributed by atoms with Crippen LogP contribution in [0.3, 0.4) is 0 Å². The van der Waals surface area contributed by atoms with E-state index in [1.54, 1.807) is 0 Å². The van der Waals surface area contributed by atoms with Crippen molar-refractivity contribution in [2.24, 2.45) is 5.11 Å². The number of carbonyl (C=O) groups is 1. The highest BCUT2D eigenvalue weighted by atomic mass is 16.1. The highest BCUT2D eigenvalue weighted by Gasteiger charge is 2.00. The van der Waals surface area contributed by atoms with Crippen molar-refractivity contribution >= 4 is 5.91 Å². The van der Waals surface area contributed by atoms with E-state index in [9.17, 15) is 4.79 Å². The fourth-order valence-electron chi connectivity index (χ4n) is 1.61. The van der Waals surface area contributed by atoms with Crippen molar-refractivity contribution in [2.45, 2.75) is 25.7 Å². The van der Waals surface area contributed by atoms with Gasteiger partial charge in [0, 0.05) is 24.4 Å². The van der Waals surface area contributed by atoms with Crippen molar-refractivity contribution in [2.75, 3.05) is 13.1 Å². The fourth-order valence-corrected chi connectivity index (χ4v) is 1.61. The van der Waals surface area contributed by atoms with E-state index in [2.05, 4.69) is 27.5 Å². The second-order valence-corrected chi connectivity index (χ2v) is 4.00. The van der Waals surface area contributed by atoms with Gasteiger partial charge in [0.2, 0.25) is 5.91 Å². The lowest BCUT2D eigenvalue weighted by Crippen LogP contribution is -2.24. The molecule has 0 unspecified atom stereocenters. The summed E-state index contributed by atoms with van der Waals surface area (Å²) in [4.78, 5) is 14.1.